The fraction of sp³-hybridized carbons (Fsp3) is 0.714. The molecular weight excluding hydrogens is 168 g/mol. The normalized spacial score (nSPS) is 15.3. The topological polar surface area (TPSA) is 43.4 Å². The van der Waals surface area contributed by atoms with Crippen LogP contribution in [0.5, 0.6) is 0 Å². The first-order valence-corrected chi connectivity index (χ1v) is 3.65. The van der Waals surface area contributed by atoms with Crippen molar-refractivity contribution >= 4 is 22.8 Å². The molecule has 3 nitrogen and oxygen atoms in total. The average molecular weight is 179 g/mol. The van der Waals surface area contributed by atoms with Gasteiger partial charge in [-0.15, -0.1) is 0 Å². The van der Waals surface area contributed by atoms with Crippen LogP contribution < -0.4 is 0 Å². The van der Waals surface area contributed by atoms with Gasteiger partial charge in [-0.1, -0.05) is 13.8 Å². The second-order valence-electron chi connectivity index (χ2n) is 2.40. The molecule has 0 amide bonds. The van der Waals surface area contributed by atoms with E-state index in [2.05, 4.69) is 4.74 Å². The standard InChI is InChI=1S/C7H11ClO3/c1-4(6(8)9)5(2)7(10)11-3/h4-5H,1-3H3. The van der Waals surface area contributed by atoms with Crippen LogP contribution in [0.2, 0.25) is 0 Å². The summed E-state index contributed by atoms with van der Waals surface area (Å²) < 4.78 is 4.43. The highest BCUT2D eigenvalue weighted by molar-refractivity contribution is 6.64. The Hall–Kier alpha value is -0.570. The Balaban J connectivity index is 4.12. The maximum absolute atomic E-state index is 10.8. The van der Waals surface area contributed by atoms with E-state index in [0.29, 0.717) is 0 Å². The lowest BCUT2D eigenvalue weighted by Gasteiger charge is -2.12. The maximum atomic E-state index is 10.8. The Bertz CT molecular complexity index is 167. The van der Waals surface area contributed by atoms with E-state index in [4.69, 9.17) is 11.6 Å². The molecule has 11 heavy (non-hydrogen) atoms. The summed E-state index contributed by atoms with van der Waals surface area (Å²) in [4.78, 5) is 21.4. The number of carbonyl (C=O) groups excluding carboxylic acids is 2. The average Bonchev–Trinajstić information content (AvgIpc) is 2.00. The molecule has 0 radical (unpaired) electrons. The van der Waals surface area contributed by atoms with Crippen LogP contribution >= 0.6 is 11.6 Å². The number of hydrogen-bond donors (Lipinski definition) is 0. The number of hydrogen-bond acceptors (Lipinski definition) is 3. The van der Waals surface area contributed by atoms with E-state index in [-0.39, 0.29) is 0 Å². The van der Waals surface area contributed by atoms with Crippen molar-refractivity contribution in [2.24, 2.45) is 11.8 Å². The molecule has 0 saturated carbocycles. The molecule has 0 saturated heterocycles. The van der Waals surface area contributed by atoms with Crippen molar-refractivity contribution in [2.75, 3.05) is 7.11 Å². The Morgan fingerprint density at radius 3 is 2.00 bits per heavy atom. The van der Waals surface area contributed by atoms with Crippen LogP contribution in [0.4, 0.5) is 0 Å². The monoisotopic (exact) mass is 178 g/mol. The van der Waals surface area contributed by atoms with Gasteiger partial charge in [0.1, 0.15) is 0 Å². The highest BCUT2D eigenvalue weighted by atomic mass is 35.5. The Morgan fingerprint density at radius 2 is 1.73 bits per heavy atom. The van der Waals surface area contributed by atoms with Gasteiger partial charge in [-0.3, -0.25) is 9.59 Å². The van der Waals surface area contributed by atoms with Gasteiger partial charge in [-0.2, -0.15) is 0 Å². The molecule has 2 atom stereocenters. The number of carbonyl (C=O) groups is 2. The molecule has 0 aromatic rings. The van der Waals surface area contributed by atoms with E-state index in [0.717, 1.165) is 0 Å². The summed E-state index contributed by atoms with van der Waals surface area (Å²) in [6, 6.07) is 0. The minimum absolute atomic E-state index is 0.411. The zero-order valence-corrected chi connectivity index (χ0v) is 7.51. The summed E-state index contributed by atoms with van der Waals surface area (Å²) in [6.45, 7) is 3.20. The fourth-order valence-electron chi connectivity index (χ4n) is 0.587. The predicted octanol–water partition coefficient (Wildman–Crippen LogP) is 1.20. The van der Waals surface area contributed by atoms with Crippen LogP contribution in [0.1, 0.15) is 13.8 Å². The van der Waals surface area contributed by atoms with Crippen molar-refractivity contribution in [1.29, 1.82) is 0 Å². The van der Waals surface area contributed by atoms with Crippen molar-refractivity contribution in [1.82, 2.24) is 0 Å². The minimum Gasteiger partial charge on any atom is -0.469 e. The van der Waals surface area contributed by atoms with Gasteiger partial charge in [0.05, 0.1) is 13.0 Å². The largest absolute Gasteiger partial charge is 0.469 e. The van der Waals surface area contributed by atoms with Gasteiger partial charge < -0.3 is 4.74 Å². The lowest BCUT2D eigenvalue weighted by atomic mass is 9.98. The zero-order valence-electron chi connectivity index (χ0n) is 6.76. The molecule has 0 N–H and O–H groups in total. The van der Waals surface area contributed by atoms with Gasteiger partial charge in [0.2, 0.25) is 5.24 Å². The molecule has 0 aromatic heterocycles. The number of ether oxygens (including phenoxy) is 1. The van der Waals surface area contributed by atoms with E-state index < -0.39 is 23.0 Å². The SMILES string of the molecule is COC(=O)C(C)C(C)C(=O)Cl. The third-order valence-corrected chi connectivity index (χ3v) is 2.03. The highest BCUT2D eigenvalue weighted by Gasteiger charge is 2.25. The predicted molar refractivity (Wildman–Crippen MR) is 41.2 cm³/mol. The summed E-state index contributed by atoms with van der Waals surface area (Å²) >= 11 is 5.18. The van der Waals surface area contributed by atoms with Gasteiger partial charge >= 0.3 is 5.97 Å². The highest BCUT2D eigenvalue weighted by Crippen LogP contribution is 2.14. The Labute approximate surface area is 70.7 Å². The maximum Gasteiger partial charge on any atom is 0.309 e. The van der Waals surface area contributed by atoms with Crippen LogP contribution in [-0.2, 0) is 14.3 Å². The molecule has 0 aliphatic rings. The van der Waals surface area contributed by atoms with E-state index in [1.807, 2.05) is 0 Å². The van der Waals surface area contributed by atoms with Crippen LogP contribution in [0.3, 0.4) is 0 Å². The van der Waals surface area contributed by atoms with Gasteiger partial charge in [0, 0.05) is 5.92 Å². The first kappa shape index (κ1) is 10.4. The zero-order chi connectivity index (χ0) is 9.02. The molecule has 0 aromatic carbocycles. The molecule has 64 valence electrons. The van der Waals surface area contributed by atoms with Crippen LogP contribution in [0, 0.1) is 11.8 Å². The van der Waals surface area contributed by atoms with Crippen molar-refractivity contribution < 1.29 is 14.3 Å². The van der Waals surface area contributed by atoms with E-state index in [9.17, 15) is 9.59 Å². The Morgan fingerprint density at radius 1 is 1.27 bits per heavy atom. The van der Waals surface area contributed by atoms with Crippen LogP contribution in [0.15, 0.2) is 0 Å². The molecule has 0 aliphatic heterocycles. The van der Waals surface area contributed by atoms with E-state index in [1.54, 1.807) is 13.8 Å². The summed E-state index contributed by atoms with van der Waals surface area (Å²) in [5, 5.41) is -0.511. The molecule has 0 rings (SSSR count). The number of methoxy groups -OCH3 is 1. The lowest BCUT2D eigenvalue weighted by molar-refractivity contribution is -0.147. The molecule has 4 heteroatoms. The number of halogens is 1. The minimum atomic E-state index is -0.511. The van der Waals surface area contributed by atoms with Gasteiger partial charge in [-0.25, -0.2) is 0 Å². The smallest absolute Gasteiger partial charge is 0.309 e. The first-order valence-electron chi connectivity index (χ1n) is 3.27. The summed E-state index contributed by atoms with van der Waals surface area (Å²) in [6.07, 6.45) is 0. The van der Waals surface area contributed by atoms with E-state index >= 15 is 0 Å². The van der Waals surface area contributed by atoms with Crippen molar-refractivity contribution in [3.63, 3.8) is 0 Å². The first-order chi connectivity index (χ1) is 5.00. The molecule has 2 unspecified atom stereocenters. The summed E-state index contributed by atoms with van der Waals surface area (Å²) in [5.41, 5.74) is 0. The van der Waals surface area contributed by atoms with E-state index in [1.165, 1.54) is 7.11 Å². The second-order valence-corrected chi connectivity index (χ2v) is 2.78. The lowest BCUT2D eigenvalue weighted by Crippen LogP contribution is -2.23. The third-order valence-electron chi connectivity index (χ3n) is 1.68. The van der Waals surface area contributed by atoms with Gasteiger partial charge in [-0.05, 0) is 11.6 Å². The Kier molecular flexibility index (Phi) is 4.11. The molecular formula is C7H11ClO3. The summed E-state index contributed by atoms with van der Waals surface area (Å²) in [7, 11) is 1.28. The molecule has 0 fully saturated rings. The number of esters is 1. The second kappa shape index (κ2) is 4.34. The van der Waals surface area contributed by atoms with Crippen LogP contribution in [0.25, 0.3) is 0 Å². The molecule has 0 aliphatic carbocycles. The third kappa shape index (κ3) is 2.89. The van der Waals surface area contributed by atoms with Crippen molar-refractivity contribution in [3.05, 3.63) is 0 Å². The molecule has 0 bridgehead atoms. The molecule has 0 heterocycles. The quantitative estimate of drug-likeness (QED) is 0.482. The summed E-state index contributed by atoms with van der Waals surface area (Å²) in [5.74, 6) is -1.36. The molecule has 0 spiro atoms. The van der Waals surface area contributed by atoms with Crippen molar-refractivity contribution in [3.8, 4) is 0 Å². The fourth-order valence-corrected chi connectivity index (χ4v) is 0.776. The van der Waals surface area contributed by atoms with Gasteiger partial charge in [0.15, 0.2) is 0 Å². The number of rotatable bonds is 3. The van der Waals surface area contributed by atoms with Crippen LogP contribution in [-0.4, -0.2) is 18.3 Å². The van der Waals surface area contributed by atoms with Crippen molar-refractivity contribution in [2.45, 2.75) is 13.8 Å². The van der Waals surface area contributed by atoms with Gasteiger partial charge in [0.25, 0.3) is 0 Å².